The third-order valence-electron chi connectivity index (χ3n) is 3.77. The maximum atomic E-state index is 12.6. The van der Waals surface area contributed by atoms with Crippen molar-refractivity contribution in [3.63, 3.8) is 0 Å². The van der Waals surface area contributed by atoms with Gasteiger partial charge in [0.15, 0.2) is 0 Å². The molecule has 1 heterocycles. The zero-order valence-electron chi connectivity index (χ0n) is 13.1. The summed E-state index contributed by atoms with van der Waals surface area (Å²) in [6.45, 7) is 1.71. The maximum absolute atomic E-state index is 12.6. The smallest absolute Gasteiger partial charge is 0.335 e. The van der Waals surface area contributed by atoms with Gasteiger partial charge >= 0.3 is 5.97 Å². The van der Waals surface area contributed by atoms with Crippen LogP contribution < -0.4 is 4.72 Å². The Balaban J connectivity index is 1.89. The van der Waals surface area contributed by atoms with E-state index in [1.165, 1.54) is 48.6 Å². The van der Waals surface area contributed by atoms with Gasteiger partial charge in [-0.1, -0.05) is 18.2 Å². The fraction of sp³-hybridized carbons (Fsp3) is 0.118. The van der Waals surface area contributed by atoms with Gasteiger partial charge in [0.1, 0.15) is 5.25 Å². The van der Waals surface area contributed by atoms with Crippen molar-refractivity contribution in [1.29, 1.82) is 0 Å². The van der Waals surface area contributed by atoms with Gasteiger partial charge in [-0.25, -0.2) is 18.2 Å². The molecule has 0 radical (unpaired) electrons. The summed E-state index contributed by atoms with van der Waals surface area (Å²) in [6, 6.07) is 5.55. The molecule has 128 valence electrons. The quantitative estimate of drug-likeness (QED) is 0.854. The van der Waals surface area contributed by atoms with Crippen LogP contribution in [0.1, 0.15) is 17.3 Å². The number of dihydropyridines is 1. The van der Waals surface area contributed by atoms with Crippen LogP contribution in [0.25, 0.3) is 0 Å². The van der Waals surface area contributed by atoms with Crippen molar-refractivity contribution in [3.8, 4) is 0 Å². The van der Waals surface area contributed by atoms with Crippen LogP contribution in [-0.4, -0.2) is 36.4 Å². The second-order valence-electron chi connectivity index (χ2n) is 5.60. The minimum absolute atomic E-state index is 0.0169. The predicted molar refractivity (Wildman–Crippen MR) is 93.2 cm³/mol. The van der Waals surface area contributed by atoms with Crippen LogP contribution in [0.15, 0.2) is 64.7 Å². The summed E-state index contributed by atoms with van der Waals surface area (Å²) in [5, 5.41) is 8.03. The van der Waals surface area contributed by atoms with Gasteiger partial charge in [0.25, 0.3) is 5.91 Å². The summed E-state index contributed by atoms with van der Waals surface area (Å²) in [5.74, 6) is -1.52. The number of aliphatic imine (C=N–C) groups is 1. The highest BCUT2D eigenvalue weighted by atomic mass is 32.2. The van der Waals surface area contributed by atoms with Crippen LogP contribution in [0.4, 0.5) is 5.69 Å². The molecule has 0 spiro atoms. The Hall–Kier alpha value is -3.00. The van der Waals surface area contributed by atoms with Crippen molar-refractivity contribution in [1.82, 2.24) is 0 Å². The first-order chi connectivity index (χ1) is 11.8. The van der Waals surface area contributed by atoms with E-state index in [0.29, 0.717) is 16.9 Å². The first-order valence-corrected chi connectivity index (χ1v) is 8.87. The second-order valence-corrected chi connectivity index (χ2v) is 7.44. The summed E-state index contributed by atoms with van der Waals surface area (Å²) in [7, 11) is -3.84. The Bertz CT molecular complexity index is 1000. The second kappa shape index (κ2) is 6.14. The van der Waals surface area contributed by atoms with Crippen LogP contribution in [0, 0.1) is 0 Å². The topological polar surface area (TPSA) is 113 Å². The summed E-state index contributed by atoms with van der Waals surface area (Å²) in [5.41, 5.74) is 1.82. The van der Waals surface area contributed by atoms with E-state index >= 15 is 0 Å². The lowest BCUT2D eigenvalue weighted by Gasteiger charge is -2.21. The van der Waals surface area contributed by atoms with Crippen molar-refractivity contribution in [2.75, 3.05) is 4.72 Å². The molecular weight excluding hydrogens is 344 g/mol. The molecule has 3 rings (SSSR count). The fourth-order valence-electron chi connectivity index (χ4n) is 2.57. The van der Waals surface area contributed by atoms with Gasteiger partial charge in [-0.15, -0.1) is 0 Å². The number of carboxylic acids is 1. The molecule has 1 aromatic carbocycles. The van der Waals surface area contributed by atoms with Crippen molar-refractivity contribution in [3.05, 3.63) is 65.3 Å². The van der Waals surface area contributed by atoms with Gasteiger partial charge in [0, 0.05) is 17.3 Å². The molecule has 0 saturated carbocycles. The predicted octanol–water partition coefficient (Wildman–Crippen LogP) is 1.92. The van der Waals surface area contributed by atoms with E-state index in [-0.39, 0.29) is 17.2 Å². The summed E-state index contributed by atoms with van der Waals surface area (Å²) < 4.78 is 27.6. The zero-order valence-corrected chi connectivity index (χ0v) is 13.9. The number of rotatable bonds is 4. The van der Waals surface area contributed by atoms with Crippen molar-refractivity contribution in [2.45, 2.75) is 12.2 Å². The largest absolute Gasteiger partial charge is 0.478 e. The Kier molecular flexibility index (Phi) is 4.13. The molecule has 2 aliphatic rings. The van der Waals surface area contributed by atoms with Gasteiger partial charge in [0.05, 0.1) is 11.3 Å². The molecular formula is C17H14N2O5S. The van der Waals surface area contributed by atoms with Crippen molar-refractivity contribution < 1.29 is 23.1 Å². The molecule has 7 nitrogen and oxygen atoms in total. The lowest BCUT2D eigenvalue weighted by molar-refractivity contribution is -0.113. The molecule has 1 atom stereocenters. The Morgan fingerprint density at radius 1 is 1.32 bits per heavy atom. The highest BCUT2D eigenvalue weighted by Crippen LogP contribution is 2.25. The van der Waals surface area contributed by atoms with E-state index in [9.17, 15) is 18.0 Å². The van der Waals surface area contributed by atoms with Crippen LogP contribution in [0.5, 0.6) is 0 Å². The van der Waals surface area contributed by atoms with E-state index in [1.807, 2.05) is 0 Å². The Labute approximate surface area is 144 Å². The number of hydrogen-bond donors (Lipinski definition) is 2. The zero-order chi connectivity index (χ0) is 18.2. The molecule has 1 unspecified atom stereocenters. The minimum Gasteiger partial charge on any atom is -0.478 e. The van der Waals surface area contributed by atoms with Crippen molar-refractivity contribution >= 4 is 33.3 Å². The number of carboxylic acid groups (broad SMARTS) is 1. The van der Waals surface area contributed by atoms with E-state index in [0.717, 1.165) is 0 Å². The SMILES string of the molecule is CC1=CC(=O)N=C2C=CC(S(=O)(=O)Nc3cccc(C(=O)O)c3)C=C12. The molecule has 0 fully saturated rings. The van der Waals surface area contributed by atoms with Crippen LogP contribution >= 0.6 is 0 Å². The van der Waals surface area contributed by atoms with Crippen LogP contribution in [-0.2, 0) is 14.8 Å². The number of allylic oxidation sites excluding steroid dienone is 3. The number of carbonyl (C=O) groups is 2. The number of aromatic carboxylic acids is 1. The average molecular weight is 358 g/mol. The average Bonchev–Trinajstić information content (AvgIpc) is 2.54. The summed E-state index contributed by atoms with van der Waals surface area (Å²) >= 11 is 0. The number of fused-ring (bicyclic) bond motifs is 1. The van der Waals surface area contributed by atoms with Crippen LogP contribution in [0.2, 0.25) is 0 Å². The summed E-state index contributed by atoms with van der Waals surface area (Å²) in [6.07, 6.45) is 5.79. The number of amides is 1. The van der Waals surface area contributed by atoms with Crippen LogP contribution in [0.3, 0.4) is 0 Å². The molecule has 0 bridgehead atoms. The highest BCUT2D eigenvalue weighted by Gasteiger charge is 2.27. The monoisotopic (exact) mass is 358 g/mol. The molecule has 0 aromatic heterocycles. The third-order valence-corrected chi connectivity index (χ3v) is 5.30. The number of nitrogens with one attached hydrogen (secondary N) is 1. The first-order valence-electron chi connectivity index (χ1n) is 7.33. The first kappa shape index (κ1) is 16.8. The normalized spacial score (nSPS) is 19.5. The van der Waals surface area contributed by atoms with E-state index in [4.69, 9.17) is 5.11 Å². The van der Waals surface area contributed by atoms with Gasteiger partial charge in [-0.2, -0.15) is 0 Å². The number of benzene rings is 1. The maximum Gasteiger partial charge on any atom is 0.335 e. The lowest BCUT2D eigenvalue weighted by atomic mass is 9.94. The minimum atomic E-state index is -3.84. The Morgan fingerprint density at radius 3 is 2.80 bits per heavy atom. The standard InChI is InChI=1S/C17H14N2O5S/c1-10-7-16(20)18-15-6-5-13(9-14(10)15)25(23,24)19-12-4-2-3-11(8-12)17(21)22/h2-9,13,19H,1H3,(H,21,22). The lowest BCUT2D eigenvalue weighted by Crippen LogP contribution is -2.28. The Morgan fingerprint density at radius 2 is 2.08 bits per heavy atom. The number of nitrogens with zero attached hydrogens (tertiary/aromatic N) is 1. The fourth-order valence-corrected chi connectivity index (χ4v) is 3.76. The highest BCUT2D eigenvalue weighted by molar-refractivity contribution is 7.93. The molecule has 1 amide bonds. The molecule has 25 heavy (non-hydrogen) atoms. The molecule has 8 heteroatoms. The molecule has 1 aliphatic heterocycles. The number of carbonyl (C=O) groups excluding carboxylic acids is 1. The summed E-state index contributed by atoms with van der Waals surface area (Å²) in [4.78, 5) is 26.3. The molecule has 1 aromatic rings. The number of sulfonamides is 1. The van der Waals surface area contributed by atoms with Gasteiger partial charge in [-0.05, 0) is 36.8 Å². The van der Waals surface area contributed by atoms with Gasteiger partial charge in [0.2, 0.25) is 10.0 Å². The van der Waals surface area contributed by atoms with Gasteiger partial charge < -0.3 is 5.11 Å². The number of hydrogen-bond acceptors (Lipinski definition) is 4. The molecule has 0 saturated heterocycles. The van der Waals surface area contributed by atoms with Crippen molar-refractivity contribution in [2.24, 2.45) is 4.99 Å². The molecule has 1 aliphatic carbocycles. The molecule has 2 N–H and O–H groups in total. The van der Waals surface area contributed by atoms with Gasteiger partial charge in [-0.3, -0.25) is 9.52 Å². The number of anilines is 1. The third kappa shape index (κ3) is 3.43. The van der Waals surface area contributed by atoms with E-state index in [2.05, 4.69) is 9.71 Å². The van der Waals surface area contributed by atoms with E-state index < -0.39 is 21.2 Å². The van der Waals surface area contributed by atoms with E-state index in [1.54, 1.807) is 6.92 Å².